The molecule has 5 rings (SSSR count). The van der Waals surface area contributed by atoms with E-state index >= 15 is 0 Å². The van der Waals surface area contributed by atoms with Crippen molar-refractivity contribution in [1.29, 1.82) is 0 Å². The van der Waals surface area contributed by atoms with Crippen LogP contribution in [0.15, 0.2) is 76.1 Å². The number of rotatable bonds is 11. The molecule has 2 aliphatic rings. The lowest BCUT2D eigenvalue weighted by atomic mass is 9.68. The van der Waals surface area contributed by atoms with Gasteiger partial charge in [-0.05, 0) is 57.5 Å². The monoisotopic (exact) mass is 669 g/mol. The number of nitrogens with zero attached hydrogens (tertiary/aromatic N) is 1. The maximum absolute atomic E-state index is 13.3. The van der Waals surface area contributed by atoms with Gasteiger partial charge in [0.05, 0.1) is 35.5 Å². The van der Waals surface area contributed by atoms with Crippen LogP contribution < -0.4 is 20.5 Å². The zero-order chi connectivity index (χ0) is 31.0. The lowest BCUT2D eigenvalue weighted by Gasteiger charge is -2.50. The highest BCUT2D eigenvalue weighted by molar-refractivity contribution is 9.10. The van der Waals surface area contributed by atoms with E-state index in [0.29, 0.717) is 4.47 Å². The van der Waals surface area contributed by atoms with Gasteiger partial charge in [0.15, 0.2) is 5.75 Å². The van der Waals surface area contributed by atoms with Crippen molar-refractivity contribution in [2.75, 3.05) is 21.0 Å². The van der Waals surface area contributed by atoms with E-state index in [-0.39, 0.29) is 41.3 Å². The van der Waals surface area contributed by atoms with Crippen LogP contribution in [0.1, 0.15) is 71.2 Å². The quantitative estimate of drug-likeness (QED) is 0.208. The first kappa shape index (κ1) is 32.1. The predicted octanol–water partition coefficient (Wildman–Crippen LogP) is 5.72. The summed E-state index contributed by atoms with van der Waals surface area (Å²) in [4.78, 5) is 26.0. The van der Waals surface area contributed by atoms with Gasteiger partial charge in [-0.15, -0.1) is 0 Å². The summed E-state index contributed by atoms with van der Waals surface area (Å²) in [6.07, 6.45) is 4.48. The smallest absolute Gasteiger partial charge is 0.258 e. The Hall–Kier alpha value is -2.27. The maximum atomic E-state index is 13.3. The van der Waals surface area contributed by atoms with Gasteiger partial charge >= 0.3 is 0 Å². The molecular weight excluding hydrogens is 626 g/mol. The first-order chi connectivity index (χ1) is 20.5. The van der Waals surface area contributed by atoms with E-state index in [4.69, 9.17) is 18.9 Å². The predicted molar refractivity (Wildman–Crippen MR) is 175 cm³/mol. The van der Waals surface area contributed by atoms with E-state index < -0.39 is 19.8 Å². The fourth-order valence-corrected chi connectivity index (χ4v) is 11.8. The average molecular weight is 671 g/mol. The Morgan fingerprint density at radius 2 is 1.70 bits per heavy atom. The Kier molecular flexibility index (Phi) is 9.43. The van der Waals surface area contributed by atoms with Gasteiger partial charge in [-0.2, -0.15) is 0 Å². The third-order valence-corrected chi connectivity index (χ3v) is 14.9. The average Bonchev–Trinajstić information content (AvgIpc) is 3.41. The van der Waals surface area contributed by atoms with E-state index in [9.17, 15) is 9.59 Å². The molecule has 9 heteroatoms. The van der Waals surface area contributed by atoms with E-state index in [0.717, 1.165) is 41.8 Å². The highest BCUT2D eigenvalue weighted by atomic mass is 79.9. The molecule has 7 nitrogen and oxygen atoms in total. The molecule has 2 aromatic carbocycles. The minimum atomic E-state index is -3.16. The number of fused-ring (bicyclic) bond motifs is 3. The Balaban J connectivity index is 1.53. The van der Waals surface area contributed by atoms with Crippen molar-refractivity contribution in [2.24, 2.45) is 5.41 Å². The molecule has 1 fully saturated rings. The summed E-state index contributed by atoms with van der Waals surface area (Å²) in [5.41, 5.74) is 0.0416. The van der Waals surface area contributed by atoms with Gasteiger partial charge in [0.25, 0.3) is 8.32 Å². The van der Waals surface area contributed by atoms with E-state index in [1.807, 2.05) is 42.6 Å². The lowest BCUT2D eigenvalue weighted by Crippen LogP contribution is -2.65. The molecule has 0 radical (unpaired) electrons. The fourth-order valence-electron chi connectivity index (χ4n) is 7.57. The van der Waals surface area contributed by atoms with Gasteiger partial charge in [0.2, 0.25) is 5.43 Å². The highest BCUT2D eigenvalue weighted by Gasteiger charge is 2.57. The van der Waals surface area contributed by atoms with Crippen LogP contribution in [0.4, 0.5) is 0 Å². The van der Waals surface area contributed by atoms with Crippen molar-refractivity contribution in [3.05, 3.63) is 87.3 Å². The van der Waals surface area contributed by atoms with Gasteiger partial charge in [0, 0.05) is 18.7 Å². The minimum absolute atomic E-state index is 0.0242. The molecule has 0 aliphatic carbocycles. The zero-order valence-electron chi connectivity index (χ0n) is 26.0. The van der Waals surface area contributed by atoms with Gasteiger partial charge in [0.1, 0.15) is 12.9 Å². The molecule has 1 saturated heterocycles. The number of halogens is 1. The first-order valence-electron chi connectivity index (χ1n) is 15.1. The van der Waals surface area contributed by atoms with Crippen molar-refractivity contribution in [1.82, 2.24) is 4.57 Å². The number of pyridine rings is 1. The lowest BCUT2D eigenvalue weighted by molar-refractivity contribution is -0.178. The summed E-state index contributed by atoms with van der Waals surface area (Å²) in [5, 5.41) is 1.63. The molecule has 0 saturated carbocycles. The molecule has 3 aromatic rings. The highest BCUT2D eigenvalue weighted by Crippen LogP contribution is 2.58. The first-order valence-corrected chi connectivity index (χ1v) is 17.8. The molecule has 1 aromatic heterocycles. The number of hydrogen-bond acceptors (Lipinski definition) is 6. The second kappa shape index (κ2) is 12.6. The Morgan fingerprint density at radius 1 is 1.09 bits per heavy atom. The van der Waals surface area contributed by atoms with Crippen LogP contribution in [0, 0.1) is 5.41 Å². The van der Waals surface area contributed by atoms with Crippen molar-refractivity contribution in [3.63, 3.8) is 0 Å². The second-order valence-electron chi connectivity index (χ2n) is 12.9. The number of hydrogen-bond donors (Lipinski definition) is 1. The molecular formula is C34H44BrNO6Si. The van der Waals surface area contributed by atoms with Crippen LogP contribution in [0.3, 0.4) is 0 Å². The zero-order valence-corrected chi connectivity index (χ0v) is 28.6. The molecule has 5 atom stereocenters. The number of methoxy groups -OCH3 is 2. The van der Waals surface area contributed by atoms with Gasteiger partial charge in [-0.1, -0.05) is 87.9 Å². The summed E-state index contributed by atoms with van der Waals surface area (Å²) in [6, 6.07) is 20.3. The number of ether oxygens (including phenoxy) is 4. The van der Waals surface area contributed by atoms with E-state index in [1.54, 1.807) is 7.11 Å². The van der Waals surface area contributed by atoms with Crippen LogP contribution in [0.5, 0.6) is 5.75 Å². The van der Waals surface area contributed by atoms with Crippen LogP contribution in [-0.2, 0) is 14.2 Å². The maximum Gasteiger partial charge on any atom is 0.258 e. The minimum Gasteiger partial charge on any atom is -0.491 e. The summed E-state index contributed by atoms with van der Waals surface area (Å²) in [7, 11) is -0.0163. The van der Waals surface area contributed by atoms with Gasteiger partial charge in [-0.3, -0.25) is 4.79 Å². The Labute approximate surface area is 264 Å². The summed E-state index contributed by atoms with van der Waals surface area (Å²) < 4.78 is 26.8. The molecule has 3 heterocycles. The Bertz CT molecular complexity index is 1430. The standard InChI is InChI=1S/C34H44BrNO6Si/c1-23-20-27-31(42-23)34(4,32(41-22-39-5)28-30(40-6)29(37)26(35)21-36(27)28)19-13-18-33(2,3)43(38,24-14-9-7-10-15-24)25-16-11-8-12-17-25/h7-12,14-17,21,23,27,31-32,38H,13,18-20,22H2,1-6H3. The largest absolute Gasteiger partial charge is 0.491 e. The van der Waals surface area contributed by atoms with Crippen molar-refractivity contribution in [2.45, 2.75) is 82.8 Å². The normalized spacial score (nSPS) is 25.3. The molecule has 232 valence electrons. The van der Waals surface area contributed by atoms with Crippen LogP contribution in [0.2, 0.25) is 5.04 Å². The van der Waals surface area contributed by atoms with Crippen LogP contribution in [0.25, 0.3) is 0 Å². The van der Waals surface area contributed by atoms with Crippen LogP contribution >= 0.6 is 15.9 Å². The van der Waals surface area contributed by atoms with Gasteiger partial charge in [-0.25, -0.2) is 0 Å². The SMILES string of the molecule is COCOC1c2c(OC)c(=O)c(Br)cn2C2CC(C)OC2C1(C)CCCC(C)(C)[Si](O)(c1ccccc1)c1ccccc1. The van der Waals surface area contributed by atoms with E-state index in [1.165, 1.54) is 7.11 Å². The molecule has 0 bridgehead atoms. The van der Waals surface area contributed by atoms with Crippen molar-refractivity contribution in [3.8, 4) is 5.75 Å². The molecule has 0 amide bonds. The Morgan fingerprint density at radius 3 is 2.26 bits per heavy atom. The van der Waals surface area contributed by atoms with Crippen molar-refractivity contribution >= 4 is 34.6 Å². The summed E-state index contributed by atoms with van der Waals surface area (Å²) in [5.74, 6) is 0.287. The van der Waals surface area contributed by atoms with Crippen LogP contribution in [-0.4, -0.2) is 50.9 Å². The topological polar surface area (TPSA) is 79.2 Å². The molecule has 5 unspecified atom stereocenters. The molecule has 43 heavy (non-hydrogen) atoms. The number of benzene rings is 2. The van der Waals surface area contributed by atoms with Gasteiger partial charge < -0.3 is 28.3 Å². The number of aromatic nitrogens is 1. The summed E-state index contributed by atoms with van der Waals surface area (Å²) in [6.45, 7) is 8.79. The molecule has 0 spiro atoms. The third kappa shape index (κ3) is 5.57. The van der Waals surface area contributed by atoms with Crippen molar-refractivity contribution < 1.29 is 23.7 Å². The summed E-state index contributed by atoms with van der Waals surface area (Å²) >= 11 is 3.46. The fraction of sp³-hybridized carbons (Fsp3) is 0.500. The van der Waals surface area contributed by atoms with E-state index in [2.05, 4.69) is 72.5 Å². The molecule has 2 aliphatic heterocycles. The molecule has 1 N–H and O–H groups in total. The third-order valence-electron chi connectivity index (χ3n) is 9.78. The second-order valence-corrected chi connectivity index (χ2v) is 17.7.